The summed E-state index contributed by atoms with van der Waals surface area (Å²) >= 11 is 0. The van der Waals surface area contributed by atoms with E-state index in [1.54, 1.807) is 31.4 Å². The number of primary amides is 1. The number of amides is 1. The quantitative estimate of drug-likeness (QED) is 0.655. The summed E-state index contributed by atoms with van der Waals surface area (Å²) in [5.41, 5.74) is 7.38. The average molecular weight is 328 g/mol. The van der Waals surface area contributed by atoms with Crippen LogP contribution >= 0.6 is 0 Å². The number of ether oxygens (including phenoxy) is 1. The monoisotopic (exact) mass is 328 g/mol. The van der Waals surface area contributed by atoms with Gasteiger partial charge in [0.15, 0.2) is 0 Å². The van der Waals surface area contributed by atoms with E-state index in [4.69, 9.17) is 10.5 Å². The summed E-state index contributed by atoms with van der Waals surface area (Å²) in [6, 6.07) is 16.5. The molecule has 0 fully saturated rings. The number of benzene rings is 2. The number of hydrogen-bond acceptors (Lipinski definition) is 4. The number of nitrogens with one attached hydrogen (secondary N) is 1. The fourth-order valence-corrected chi connectivity index (χ4v) is 2.54. The largest absolute Gasteiger partial charge is 0.497 e. The van der Waals surface area contributed by atoms with Gasteiger partial charge in [-0.15, -0.1) is 0 Å². The topological polar surface area (TPSA) is 84.6 Å². The van der Waals surface area contributed by atoms with Gasteiger partial charge in [0, 0.05) is 6.54 Å². The molecule has 5 nitrogen and oxygen atoms in total. The lowest BCUT2D eigenvalue weighted by Crippen LogP contribution is -2.38. The van der Waals surface area contributed by atoms with E-state index in [1.807, 2.05) is 30.3 Å². The standard InChI is InChI=1S/C19H24N2O3/c1-24-17-9-5-8-15(12-17)18(19(20)23)21-13-16(22)11-10-14-6-3-2-4-7-14/h2-9,12,16,18,21-22H,10-11,13H2,1H3,(H2,20,23)/t16-,18+/m1/s1. The minimum atomic E-state index is -0.661. The van der Waals surface area contributed by atoms with Crippen LogP contribution in [0.1, 0.15) is 23.6 Å². The first kappa shape index (κ1) is 18.0. The number of methoxy groups -OCH3 is 1. The van der Waals surface area contributed by atoms with Crippen LogP contribution in [0.25, 0.3) is 0 Å². The van der Waals surface area contributed by atoms with Crippen molar-refractivity contribution >= 4 is 5.91 Å². The van der Waals surface area contributed by atoms with E-state index in [1.165, 1.54) is 5.56 Å². The van der Waals surface area contributed by atoms with Gasteiger partial charge in [0.1, 0.15) is 11.8 Å². The van der Waals surface area contributed by atoms with Crippen LogP contribution in [0.4, 0.5) is 0 Å². The number of carbonyl (C=O) groups excluding carboxylic acids is 1. The lowest BCUT2D eigenvalue weighted by atomic mass is 10.0. The molecule has 4 N–H and O–H groups in total. The van der Waals surface area contributed by atoms with Crippen LogP contribution in [0.15, 0.2) is 54.6 Å². The van der Waals surface area contributed by atoms with E-state index in [0.29, 0.717) is 12.2 Å². The Hall–Kier alpha value is -2.37. The molecule has 128 valence electrons. The number of aliphatic hydroxyl groups is 1. The molecule has 0 radical (unpaired) electrons. The van der Waals surface area contributed by atoms with Crippen molar-refractivity contribution in [1.82, 2.24) is 5.32 Å². The van der Waals surface area contributed by atoms with Gasteiger partial charge in [-0.2, -0.15) is 0 Å². The van der Waals surface area contributed by atoms with Crippen LogP contribution in [-0.4, -0.2) is 30.8 Å². The number of hydrogen-bond donors (Lipinski definition) is 3. The highest BCUT2D eigenvalue weighted by Gasteiger charge is 2.19. The molecule has 0 aliphatic heterocycles. The maximum atomic E-state index is 11.7. The zero-order valence-corrected chi connectivity index (χ0v) is 13.8. The van der Waals surface area contributed by atoms with Gasteiger partial charge >= 0.3 is 0 Å². The molecule has 1 amide bonds. The Bertz CT molecular complexity index is 646. The van der Waals surface area contributed by atoms with Crippen molar-refractivity contribution in [2.75, 3.05) is 13.7 Å². The molecule has 0 heterocycles. The van der Waals surface area contributed by atoms with Gasteiger partial charge in [0.25, 0.3) is 0 Å². The first-order chi connectivity index (χ1) is 11.6. The second-order valence-electron chi connectivity index (χ2n) is 5.70. The van der Waals surface area contributed by atoms with Gasteiger partial charge in [-0.1, -0.05) is 42.5 Å². The third kappa shape index (κ3) is 5.37. The lowest BCUT2D eigenvalue weighted by Gasteiger charge is -2.19. The molecule has 2 aromatic carbocycles. The van der Waals surface area contributed by atoms with Crippen molar-refractivity contribution in [3.05, 3.63) is 65.7 Å². The van der Waals surface area contributed by atoms with E-state index >= 15 is 0 Å². The van der Waals surface area contributed by atoms with Crippen LogP contribution in [-0.2, 0) is 11.2 Å². The minimum absolute atomic E-state index is 0.289. The van der Waals surface area contributed by atoms with Crippen molar-refractivity contribution in [2.45, 2.75) is 25.0 Å². The van der Waals surface area contributed by atoms with Crippen LogP contribution in [0.5, 0.6) is 5.75 Å². The molecule has 2 atom stereocenters. The molecule has 2 aromatic rings. The SMILES string of the molecule is COc1cccc([C@H](NC[C@H](O)CCc2ccccc2)C(N)=O)c1. The molecule has 5 heteroatoms. The number of rotatable bonds is 9. The molecule has 0 unspecified atom stereocenters. The summed E-state index contributed by atoms with van der Waals surface area (Å²) in [6.45, 7) is 0.289. The van der Waals surface area contributed by atoms with E-state index < -0.39 is 18.1 Å². The van der Waals surface area contributed by atoms with Crippen LogP contribution in [0.2, 0.25) is 0 Å². The van der Waals surface area contributed by atoms with Gasteiger partial charge in [-0.3, -0.25) is 10.1 Å². The molecule has 0 saturated carbocycles. The molecular weight excluding hydrogens is 304 g/mol. The van der Waals surface area contributed by atoms with Crippen molar-refractivity contribution in [2.24, 2.45) is 5.73 Å². The molecular formula is C19H24N2O3. The minimum Gasteiger partial charge on any atom is -0.497 e. The van der Waals surface area contributed by atoms with E-state index in [2.05, 4.69) is 5.32 Å². The van der Waals surface area contributed by atoms with Crippen LogP contribution < -0.4 is 15.8 Å². The highest BCUT2D eigenvalue weighted by molar-refractivity contribution is 5.81. The second-order valence-corrected chi connectivity index (χ2v) is 5.70. The smallest absolute Gasteiger partial charge is 0.239 e. The Morgan fingerprint density at radius 2 is 1.96 bits per heavy atom. The maximum Gasteiger partial charge on any atom is 0.239 e. The van der Waals surface area contributed by atoms with Gasteiger partial charge in [0.05, 0.1) is 13.2 Å². The lowest BCUT2D eigenvalue weighted by molar-refractivity contribution is -0.120. The third-order valence-corrected chi connectivity index (χ3v) is 3.88. The Morgan fingerprint density at radius 1 is 1.21 bits per heavy atom. The highest BCUT2D eigenvalue weighted by atomic mass is 16.5. The van der Waals surface area contributed by atoms with Crippen molar-refractivity contribution < 1.29 is 14.6 Å². The number of carbonyl (C=O) groups is 1. The van der Waals surface area contributed by atoms with E-state index in [9.17, 15) is 9.90 Å². The summed E-state index contributed by atoms with van der Waals surface area (Å²) in [5, 5.41) is 13.2. The summed E-state index contributed by atoms with van der Waals surface area (Å²) < 4.78 is 5.17. The summed E-state index contributed by atoms with van der Waals surface area (Å²) in [7, 11) is 1.57. The molecule has 0 aromatic heterocycles. The number of nitrogens with two attached hydrogens (primary N) is 1. The normalized spacial score (nSPS) is 13.2. The Morgan fingerprint density at radius 3 is 2.62 bits per heavy atom. The summed E-state index contributed by atoms with van der Waals surface area (Å²) in [5.74, 6) is 0.170. The Labute approximate surface area is 142 Å². The second kappa shape index (κ2) is 9.05. The molecule has 0 spiro atoms. The van der Waals surface area contributed by atoms with E-state index in [0.717, 1.165) is 12.0 Å². The third-order valence-electron chi connectivity index (χ3n) is 3.88. The van der Waals surface area contributed by atoms with Crippen LogP contribution in [0.3, 0.4) is 0 Å². The maximum absolute atomic E-state index is 11.7. The molecule has 0 aliphatic rings. The average Bonchev–Trinajstić information content (AvgIpc) is 2.61. The first-order valence-corrected chi connectivity index (χ1v) is 7.99. The fourth-order valence-electron chi connectivity index (χ4n) is 2.54. The predicted octanol–water partition coefficient (Wildman–Crippen LogP) is 1.80. The van der Waals surface area contributed by atoms with Crippen molar-refractivity contribution in [3.63, 3.8) is 0 Å². The first-order valence-electron chi connectivity index (χ1n) is 7.99. The summed E-state index contributed by atoms with van der Waals surface area (Å²) in [6.07, 6.45) is 0.836. The zero-order chi connectivity index (χ0) is 17.4. The zero-order valence-electron chi connectivity index (χ0n) is 13.8. The van der Waals surface area contributed by atoms with Crippen LogP contribution in [0, 0.1) is 0 Å². The number of aryl methyl sites for hydroxylation is 1. The Balaban J connectivity index is 1.90. The van der Waals surface area contributed by atoms with Crippen molar-refractivity contribution in [1.29, 1.82) is 0 Å². The number of aliphatic hydroxyl groups excluding tert-OH is 1. The highest BCUT2D eigenvalue weighted by Crippen LogP contribution is 2.19. The van der Waals surface area contributed by atoms with Gasteiger partial charge < -0.3 is 15.6 Å². The fraction of sp³-hybridized carbons (Fsp3) is 0.316. The van der Waals surface area contributed by atoms with Gasteiger partial charge in [0.2, 0.25) is 5.91 Å². The molecule has 24 heavy (non-hydrogen) atoms. The molecule has 0 saturated heterocycles. The van der Waals surface area contributed by atoms with Gasteiger partial charge in [-0.25, -0.2) is 0 Å². The molecule has 2 rings (SSSR count). The molecule has 0 bridgehead atoms. The van der Waals surface area contributed by atoms with Crippen molar-refractivity contribution in [3.8, 4) is 5.75 Å². The van der Waals surface area contributed by atoms with E-state index in [-0.39, 0.29) is 6.54 Å². The van der Waals surface area contributed by atoms with Gasteiger partial charge in [-0.05, 0) is 36.1 Å². The molecule has 0 aliphatic carbocycles. The Kier molecular flexibility index (Phi) is 6.78. The summed E-state index contributed by atoms with van der Waals surface area (Å²) in [4.78, 5) is 11.7. The predicted molar refractivity (Wildman–Crippen MR) is 93.7 cm³/mol.